The van der Waals surface area contributed by atoms with Gasteiger partial charge in [0.05, 0.1) is 36.6 Å². The first-order valence-corrected chi connectivity index (χ1v) is 11.0. The Labute approximate surface area is 192 Å². The lowest BCUT2D eigenvalue weighted by Gasteiger charge is -2.30. The van der Waals surface area contributed by atoms with Crippen LogP contribution in [0.2, 0.25) is 0 Å². The maximum atomic E-state index is 13.4. The van der Waals surface area contributed by atoms with Gasteiger partial charge in [-0.1, -0.05) is 36.1 Å². The van der Waals surface area contributed by atoms with Gasteiger partial charge in [0, 0.05) is 24.0 Å². The molecule has 1 aliphatic carbocycles. The molecule has 0 saturated heterocycles. The molecule has 0 radical (unpaired) electrons. The number of anilines is 2. The van der Waals surface area contributed by atoms with Crippen molar-refractivity contribution < 1.29 is 9.59 Å². The average Bonchev–Trinajstić information content (AvgIpc) is 3.70. The maximum absolute atomic E-state index is 13.4. The molecule has 5 rings (SSSR count). The highest BCUT2D eigenvalue weighted by atomic mass is 16.2. The minimum atomic E-state index is -0.119. The van der Waals surface area contributed by atoms with E-state index in [1.807, 2.05) is 48.5 Å². The molecule has 2 aromatic heterocycles. The predicted octanol–water partition coefficient (Wildman–Crippen LogP) is 3.09. The highest BCUT2D eigenvalue weighted by Crippen LogP contribution is 2.32. The minimum Gasteiger partial charge on any atom is -0.359 e. The van der Waals surface area contributed by atoms with Crippen molar-refractivity contribution in [1.29, 1.82) is 0 Å². The van der Waals surface area contributed by atoms with Crippen LogP contribution in [0.4, 0.5) is 11.5 Å². The van der Waals surface area contributed by atoms with E-state index in [2.05, 4.69) is 27.1 Å². The number of rotatable bonds is 5. The molecular weight excluding hydrogens is 414 g/mol. The van der Waals surface area contributed by atoms with Gasteiger partial charge in [-0.3, -0.25) is 14.6 Å². The number of pyridine rings is 2. The van der Waals surface area contributed by atoms with Crippen molar-refractivity contribution in [3.8, 4) is 11.8 Å². The van der Waals surface area contributed by atoms with E-state index in [0.717, 1.165) is 24.1 Å². The van der Waals surface area contributed by atoms with Crippen molar-refractivity contribution in [2.45, 2.75) is 25.4 Å². The second kappa shape index (κ2) is 9.13. The summed E-state index contributed by atoms with van der Waals surface area (Å²) in [6.07, 6.45) is 5.22. The number of nitrogens with one attached hydrogen (secondary N) is 1. The van der Waals surface area contributed by atoms with Gasteiger partial charge in [-0.15, -0.1) is 0 Å². The average molecular weight is 438 g/mol. The van der Waals surface area contributed by atoms with E-state index in [-0.39, 0.29) is 24.4 Å². The molecule has 0 atom stereocenters. The van der Waals surface area contributed by atoms with Crippen LogP contribution < -0.4 is 10.2 Å². The molecule has 2 amide bonds. The van der Waals surface area contributed by atoms with Crippen LogP contribution in [0.3, 0.4) is 0 Å². The molecule has 0 bridgehead atoms. The second-order valence-electron chi connectivity index (χ2n) is 8.08. The fourth-order valence-corrected chi connectivity index (χ4v) is 3.80. The molecule has 3 heterocycles. The molecule has 7 nitrogen and oxygen atoms in total. The summed E-state index contributed by atoms with van der Waals surface area (Å²) in [4.78, 5) is 38.3. The van der Waals surface area contributed by atoms with Crippen molar-refractivity contribution >= 4 is 23.3 Å². The zero-order valence-electron chi connectivity index (χ0n) is 18.1. The van der Waals surface area contributed by atoms with Gasteiger partial charge in [0.15, 0.2) is 5.82 Å². The molecule has 0 unspecified atom stereocenters. The fourth-order valence-electron chi connectivity index (χ4n) is 3.80. The minimum absolute atomic E-state index is 0.0904. The smallest absolute Gasteiger partial charge is 0.256 e. The number of nitrogens with zero attached hydrogens (tertiary/aromatic N) is 4. The standard InChI is InChI=1S/C26H23N5O2/c32-24-17-29-25-23(31(24)18-21-10-4-5-13-27-21)15-20(16-28-25)26(33)30(22-11-12-22)14-6-9-19-7-2-1-3-8-19/h1-5,7-8,10,13,15-16,22H,11-12,14,17-18H2,(H,28,29). The number of hydrogen-bond donors (Lipinski definition) is 1. The number of fused-ring (bicyclic) bond motifs is 1. The van der Waals surface area contributed by atoms with Gasteiger partial charge in [-0.25, -0.2) is 4.98 Å². The van der Waals surface area contributed by atoms with Gasteiger partial charge in [0.1, 0.15) is 0 Å². The van der Waals surface area contributed by atoms with E-state index in [4.69, 9.17) is 0 Å². The second-order valence-corrected chi connectivity index (χ2v) is 8.08. The van der Waals surface area contributed by atoms with Crippen molar-refractivity contribution in [3.63, 3.8) is 0 Å². The van der Waals surface area contributed by atoms with Crippen LogP contribution in [0.15, 0.2) is 67.0 Å². The first kappa shape index (κ1) is 20.7. The summed E-state index contributed by atoms with van der Waals surface area (Å²) in [6.45, 7) is 0.830. The van der Waals surface area contributed by atoms with Crippen LogP contribution in [-0.4, -0.2) is 45.8 Å². The van der Waals surface area contributed by atoms with Crippen LogP contribution in [0, 0.1) is 11.8 Å². The van der Waals surface area contributed by atoms with Gasteiger partial charge in [0.25, 0.3) is 5.91 Å². The van der Waals surface area contributed by atoms with Crippen LogP contribution >= 0.6 is 0 Å². The zero-order chi connectivity index (χ0) is 22.6. The third-order valence-corrected chi connectivity index (χ3v) is 5.66. The summed E-state index contributed by atoms with van der Waals surface area (Å²) in [7, 11) is 0. The Morgan fingerprint density at radius 1 is 1.12 bits per heavy atom. The van der Waals surface area contributed by atoms with Gasteiger partial charge in [-0.05, 0) is 43.2 Å². The van der Waals surface area contributed by atoms with E-state index in [1.165, 1.54) is 0 Å². The molecule has 7 heteroatoms. The van der Waals surface area contributed by atoms with Crippen LogP contribution in [0.5, 0.6) is 0 Å². The van der Waals surface area contributed by atoms with Gasteiger partial charge in [0.2, 0.25) is 5.91 Å². The summed E-state index contributed by atoms with van der Waals surface area (Å²) >= 11 is 0. The molecule has 2 aliphatic rings. The topological polar surface area (TPSA) is 78.4 Å². The first-order valence-electron chi connectivity index (χ1n) is 11.0. The normalized spacial score (nSPS) is 14.5. The largest absolute Gasteiger partial charge is 0.359 e. The molecule has 1 fully saturated rings. The molecule has 1 saturated carbocycles. The highest BCUT2D eigenvalue weighted by molar-refractivity contribution is 6.04. The van der Waals surface area contributed by atoms with E-state index >= 15 is 0 Å². The monoisotopic (exact) mass is 437 g/mol. The Kier molecular flexibility index (Phi) is 5.73. The van der Waals surface area contributed by atoms with Crippen LogP contribution in [0.25, 0.3) is 0 Å². The summed E-state index contributed by atoms with van der Waals surface area (Å²) in [6, 6.07) is 17.3. The summed E-state index contributed by atoms with van der Waals surface area (Å²) in [5.41, 5.74) is 2.73. The third-order valence-electron chi connectivity index (χ3n) is 5.66. The van der Waals surface area contributed by atoms with Crippen molar-refractivity contribution in [2.24, 2.45) is 0 Å². The summed E-state index contributed by atoms with van der Waals surface area (Å²) in [5.74, 6) is 6.64. The number of carbonyl (C=O) groups excluding carboxylic acids is 2. The number of carbonyl (C=O) groups is 2. The number of aromatic nitrogens is 2. The highest BCUT2D eigenvalue weighted by Gasteiger charge is 2.34. The molecule has 1 aromatic carbocycles. The van der Waals surface area contributed by atoms with Gasteiger partial charge >= 0.3 is 0 Å². The quantitative estimate of drug-likeness (QED) is 0.621. The van der Waals surface area contributed by atoms with Gasteiger partial charge < -0.3 is 15.1 Å². The lowest BCUT2D eigenvalue weighted by molar-refractivity contribution is -0.117. The number of hydrogen-bond acceptors (Lipinski definition) is 5. The van der Waals surface area contributed by atoms with Crippen molar-refractivity contribution in [2.75, 3.05) is 23.3 Å². The maximum Gasteiger partial charge on any atom is 0.256 e. The Morgan fingerprint density at radius 3 is 2.70 bits per heavy atom. The van der Waals surface area contributed by atoms with Crippen molar-refractivity contribution in [3.05, 3.63) is 83.8 Å². The van der Waals surface area contributed by atoms with Crippen LogP contribution in [0.1, 0.15) is 34.5 Å². The first-order chi connectivity index (χ1) is 16.2. The van der Waals surface area contributed by atoms with E-state index in [9.17, 15) is 9.59 Å². The Bertz CT molecular complexity index is 1230. The Hall–Kier alpha value is -4.18. The number of amides is 2. The number of benzene rings is 1. The summed E-state index contributed by atoms with van der Waals surface area (Å²) in [5, 5.41) is 3.04. The Balaban J connectivity index is 1.39. The Morgan fingerprint density at radius 2 is 1.94 bits per heavy atom. The molecule has 33 heavy (non-hydrogen) atoms. The SMILES string of the molecule is O=C1CNc2ncc(C(=O)N(CC#Cc3ccccc3)C3CC3)cc2N1Cc1ccccn1. The van der Waals surface area contributed by atoms with Crippen LogP contribution in [-0.2, 0) is 11.3 Å². The van der Waals surface area contributed by atoms with E-state index < -0.39 is 0 Å². The zero-order valence-corrected chi connectivity index (χ0v) is 18.1. The lowest BCUT2D eigenvalue weighted by Crippen LogP contribution is -2.40. The molecule has 1 N–H and O–H groups in total. The molecule has 3 aromatic rings. The third kappa shape index (κ3) is 4.70. The fraction of sp³-hybridized carbons (Fsp3) is 0.231. The lowest BCUT2D eigenvalue weighted by atomic mass is 10.1. The van der Waals surface area contributed by atoms with E-state index in [0.29, 0.717) is 30.2 Å². The van der Waals surface area contributed by atoms with E-state index in [1.54, 1.807) is 28.3 Å². The van der Waals surface area contributed by atoms with Crippen molar-refractivity contribution in [1.82, 2.24) is 14.9 Å². The molecular formula is C26H23N5O2. The predicted molar refractivity (Wildman–Crippen MR) is 126 cm³/mol. The van der Waals surface area contributed by atoms with Gasteiger partial charge in [-0.2, -0.15) is 0 Å². The molecule has 0 spiro atoms. The molecule has 1 aliphatic heterocycles. The summed E-state index contributed by atoms with van der Waals surface area (Å²) < 4.78 is 0. The molecule has 164 valence electrons.